The molecule has 3 rings (SSSR count). The van der Waals surface area contributed by atoms with Gasteiger partial charge < -0.3 is 4.74 Å². The van der Waals surface area contributed by atoms with E-state index in [9.17, 15) is 4.79 Å². The molecule has 0 atom stereocenters. The van der Waals surface area contributed by atoms with Crippen molar-refractivity contribution in [3.05, 3.63) is 120 Å². The second-order valence-corrected chi connectivity index (χ2v) is 5.80. The molecule has 0 aromatic heterocycles. The number of benzene rings is 3. The van der Waals surface area contributed by atoms with Gasteiger partial charge in [-0.05, 0) is 17.2 Å². The van der Waals surface area contributed by atoms with Crippen molar-refractivity contribution in [3.63, 3.8) is 0 Å². The first kappa shape index (κ1) is 17.4. The fourth-order valence-electron chi connectivity index (χ4n) is 2.52. The van der Waals surface area contributed by atoms with Crippen LogP contribution < -0.4 is 0 Å². The maximum absolute atomic E-state index is 12.3. The number of carbonyl (C=O) groups is 1. The molecule has 0 aliphatic rings. The van der Waals surface area contributed by atoms with E-state index < -0.39 is 0 Å². The molecule has 0 aliphatic heterocycles. The number of carbonyl (C=O) groups excluding carboxylic acids is 1. The van der Waals surface area contributed by atoms with Gasteiger partial charge in [-0.25, -0.2) is 0 Å². The molecule has 0 radical (unpaired) electrons. The van der Waals surface area contributed by atoms with Crippen LogP contribution >= 0.6 is 0 Å². The zero-order valence-corrected chi connectivity index (χ0v) is 14.4. The monoisotopic (exact) mass is 340 g/mol. The Hall–Kier alpha value is -3.39. The van der Waals surface area contributed by atoms with Crippen molar-refractivity contribution >= 4 is 17.8 Å². The number of hydrogen-bond donors (Lipinski definition) is 0. The van der Waals surface area contributed by atoms with Crippen LogP contribution in [0.1, 0.15) is 16.7 Å². The van der Waals surface area contributed by atoms with Crippen LogP contribution in [0.5, 0.6) is 0 Å². The molecule has 0 N–H and O–H groups in total. The lowest BCUT2D eigenvalue weighted by Crippen LogP contribution is -2.07. The normalized spacial score (nSPS) is 11.5. The predicted molar refractivity (Wildman–Crippen MR) is 106 cm³/mol. The number of allylic oxidation sites excluding steroid dienone is 2. The Labute approximate surface area is 154 Å². The topological polar surface area (TPSA) is 26.3 Å². The smallest absolute Gasteiger partial charge is 0.315 e. The van der Waals surface area contributed by atoms with E-state index >= 15 is 0 Å². The largest absolute Gasteiger partial charge is 0.426 e. The van der Waals surface area contributed by atoms with Gasteiger partial charge in [-0.2, -0.15) is 0 Å². The molecule has 0 amide bonds. The first-order valence-corrected chi connectivity index (χ1v) is 8.55. The van der Waals surface area contributed by atoms with Gasteiger partial charge in [0.25, 0.3) is 0 Å². The van der Waals surface area contributed by atoms with Crippen LogP contribution in [-0.4, -0.2) is 5.97 Å². The summed E-state index contributed by atoms with van der Waals surface area (Å²) in [4.78, 5) is 12.3. The summed E-state index contributed by atoms with van der Waals surface area (Å²) >= 11 is 0. The van der Waals surface area contributed by atoms with Crippen LogP contribution in [0.2, 0.25) is 0 Å². The molecule has 0 fully saturated rings. The van der Waals surface area contributed by atoms with Crippen molar-refractivity contribution in [2.75, 3.05) is 0 Å². The molecular formula is C24H20O2. The summed E-state index contributed by atoms with van der Waals surface area (Å²) in [5.74, 6) is 0.262. The summed E-state index contributed by atoms with van der Waals surface area (Å²) in [6.45, 7) is 0. The Kier molecular flexibility index (Phi) is 6.16. The Morgan fingerprint density at radius 2 is 1.35 bits per heavy atom. The molecule has 3 aromatic rings. The molecule has 0 bridgehead atoms. The third-order valence-corrected chi connectivity index (χ3v) is 3.81. The predicted octanol–water partition coefficient (Wildman–Crippen LogP) is 5.53. The van der Waals surface area contributed by atoms with Crippen molar-refractivity contribution < 1.29 is 9.53 Å². The summed E-state index contributed by atoms with van der Waals surface area (Å²) in [5.41, 5.74) is 2.89. The summed E-state index contributed by atoms with van der Waals surface area (Å²) in [6.07, 6.45) is 5.94. The van der Waals surface area contributed by atoms with Crippen molar-refractivity contribution in [3.8, 4) is 0 Å². The second-order valence-electron chi connectivity index (χ2n) is 5.80. The van der Waals surface area contributed by atoms with Crippen LogP contribution in [0, 0.1) is 0 Å². The minimum atomic E-state index is -0.278. The quantitative estimate of drug-likeness (QED) is 0.335. The molecule has 0 spiro atoms. The number of esters is 1. The minimum Gasteiger partial charge on any atom is -0.426 e. The van der Waals surface area contributed by atoms with Gasteiger partial charge in [0, 0.05) is 5.56 Å². The fraction of sp³-hybridized carbons (Fsp3) is 0.0417. The lowest BCUT2D eigenvalue weighted by Gasteiger charge is -2.09. The highest BCUT2D eigenvalue weighted by Gasteiger charge is 2.09. The molecule has 0 unspecified atom stereocenters. The van der Waals surface area contributed by atoms with E-state index in [-0.39, 0.29) is 12.4 Å². The second kappa shape index (κ2) is 9.19. The van der Waals surface area contributed by atoms with Crippen molar-refractivity contribution in [2.24, 2.45) is 0 Å². The van der Waals surface area contributed by atoms with Gasteiger partial charge in [-0.3, -0.25) is 4.79 Å². The van der Waals surface area contributed by atoms with E-state index in [1.807, 2.05) is 109 Å². The van der Waals surface area contributed by atoms with E-state index in [0.717, 1.165) is 16.7 Å². The Morgan fingerprint density at radius 1 is 0.769 bits per heavy atom. The molecule has 2 nitrogen and oxygen atoms in total. The Balaban J connectivity index is 1.76. The highest BCUT2D eigenvalue weighted by atomic mass is 16.5. The number of ether oxygens (including phenoxy) is 1. The van der Waals surface area contributed by atoms with E-state index in [1.54, 1.807) is 0 Å². The molecule has 26 heavy (non-hydrogen) atoms. The molecule has 3 aromatic carbocycles. The Morgan fingerprint density at radius 3 is 2.00 bits per heavy atom. The average molecular weight is 340 g/mol. The third-order valence-electron chi connectivity index (χ3n) is 3.81. The molecule has 2 heteroatoms. The van der Waals surface area contributed by atoms with Crippen molar-refractivity contribution in [2.45, 2.75) is 6.42 Å². The number of hydrogen-bond acceptors (Lipinski definition) is 2. The molecule has 0 heterocycles. The lowest BCUT2D eigenvalue weighted by molar-refractivity contribution is -0.135. The third kappa shape index (κ3) is 5.32. The molecule has 128 valence electrons. The molecule has 0 saturated heterocycles. The van der Waals surface area contributed by atoms with E-state index in [0.29, 0.717) is 5.76 Å². The van der Waals surface area contributed by atoms with Crippen LogP contribution in [0.25, 0.3) is 11.8 Å². The summed E-state index contributed by atoms with van der Waals surface area (Å²) in [6, 6.07) is 29.2. The Bertz CT molecular complexity index is 879. The zero-order valence-electron chi connectivity index (χ0n) is 14.4. The maximum Gasteiger partial charge on any atom is 0.315 e. The van der Waals surface area contributed by atoms with Gasteiger partial charge in [0.2, 0.25) is 0 Å². The maximum atomic E-state index is 12.3. The van der Waals surface area contributed by atoms with Crippen molar-refractivity contribution in [1.82, 2.24) is 0 Å². The number of rotatable bonds is 6. The first-order valence-electron chi connectivity index (χ1n) is 8.55. The van der Waals surface area contributed by atoms with Gasteiger partial charge in [-0.1, -0.05) is 103 Å². The highest BCUT2D eigenvalue weighted by molar-refractivity contribution is 5.80. The van der Waals surface area contributed by atoms with Crippen LogP contribution in [0.4, 0.5) is 0 Å². The van der Waals surface area contributed by atoms with Gasteiger partial charge in [0.05, 0.1) is 6.42 Å². The van der Waals surface area contributed by atoms with Gasteiger partial charge in [-0.15, -0.1) is 0 Å². The fourth-order valence-corrected chi connectivity index (χ4v) is 2.52. The van der Waals surface area contributed by atoms with E-state index in [1.165, 1.54) is 0 Å². The zero-order chi connectivity index (χ0) is 18.0. The SMILES string of the molecule is O=C(Cc1ccccc1)O/C(=C/C=C/c1ccccc1)c1ccccc1. The summed E-state index contributed by atoms with van der Waals surface area (Å²) < 4.78 is 5.65. The average Bonchev–Trinajstić information content (AvgIpc) is 2.69. The standard InChI is InChI=1S/C24H20O2/c25-24(19-21-13-6-2-7-14-21)26-23(22-16-8-3-9-17-22)18-10-15-20-11-4-1-5-12-20/h1-18H,19H2/b15-10+,23-18+. The van der Waals surface area contributed by atoms with Crippen LogP contribution in [0.15, 0.2) is 103 Å². The molecular weight excluding hydrogens is 320 g/mol. The van der Waals surface area contributed by atoms with Gasteiger partial charge in [0.1, 0.15) is 5.76 Å². The minimum absolute atomic E-state index is 0.243. The molecule has 0 saturated carbocycles. The van der Waals surface area contributed by atoms with E-state index in [2.05, 4.69) is 0 Å². The van der Waals surface area contributed by atoms with Crippen molar-refractivity contribution in [1.29, 1.82) is 0 Å². The lowest BCUT2D eigenvalue weighted by atomic mass is 10.1. The van der Waals surface area contributed by atoms with Gasteiger partial charge >= 0.3 is 5.97 Å². The highest BCUT2D eigenvalue weighted by Crippen LogP contribution is 2.17. The summed E-state index contributed by atoms with van der Waals surface area (Å²) in [5, 5.41) is 0. The van der Waals surface area contributed by atoms with Crippen LogP contribution in [-0.2, 0) is 16.0 Å². The van der Waals surface area contributed by atoms with E-state index in [4.69, 9.17) is 4.74 Å². The van der Waals surface area contributed by atoms with Gasteiger partial charge in [0.15, 0.2) is 0 Å². The van der Waals surface area contributed by atoms with Crippen LogP contribution in [0.3, 0.4) is 0 Å². The summed E-state index contributed by atoms with van der Waals surface area (Å²) in [7, 11) is 0. The first-order chi connectivity index (χ1) is 12.8. The molecule has 0 aliphatic carbocycles.